The number of nitrogens with zero attached hydrogens (tertiary/aromatic N) is 1. The van der Waals surface area contributed by atoms with Crippen molar-refractivity contribution in [3.8, 4) is 6.07 Å². The molecule has 0 saturated carbocycles. The van der Waals surface area contributed by atoms with E-state index in [1.807, 2.05) is 18.2 Å². The molecule has 0 aliphatic heterocycles. The van der Waals surface area contributed by atoms with Gasteiger partial charge < -0.3 is 5.11 Å². The maximum absolute atomic E-state index is 10.8. The summed E-state index contributed by atoms with van der Waals surface area (Å²) in [5, 5.41) is 17.1. The molecule has 6 heteroatoms. The number of nitriles is 1. The van der Waals surface area contributed by atoms with Crippen LogP contribution in [0.5, 0.6) is 0 Å². The van der Waals surface area contributed by atoms with Gasteiger partial charge in [0.05, 0.1) is 0 Å². The molecule has 140 valence electrons. The maximum Gasteiger partial charge on any atom is 0.346 e. The van der Waals surface area contributed by atoms with E-state index in [1.165, 1.54) is 6.08 Å². The second-order valence-corrected chi connectivity index (χ2v) is 8.46. The van der Waals surface area contributed by atoms with Gasteiger partial charge in [0.1, 0.15) is 17.9 Å². The normalized spacial score (nSPS) is 11.0. The molecule has 0 heterocycles. The number of aldehydes is 1. The number of carbonyl (C=O) groups is 2. The first kappa shape index (κ1) is 22.8. The number of hydrogen-bond donors (Lipinski definition) is 1. The fourth-order valence-corrected chi connectivity index (χ4v) is 2.77. The highest BCUT2D eigenvalue weighted by Crippen LogP contribution is 2.27. The van der Waals surface area contributed by atoms with Gasteiger partial charge in [-0.15, -0.1) is 0 Å². The SMILES string of the molecule is CC(C)(C)c1cc(Br)ccc1C=O.N#C/C(=C\c1ccc(Br)cc1)C(=O)O. The van der Waals surface area contributed by atoms with Crippen molar-refractivity contribution in [1.29, 1.82) is 5.26 Å². The second kappa shape index (κ2) is 10.2. The maximum atomic E-state index is 10.8. The van der Waals surface area contributed by atoms with E-state index in [-0.39, 0.29) is 11.0 Å². The summed E-state index contributed by atoms with van der Waals surface area (Å²) in [5.74, 6) is -1.21. The van der Waals surface area contributed by atoms with Crippen molar-refractivity contribution in [2.75, 3.05) is 0 Å². The molecule has 0 radical (unpaired) electrons. The van der Waals surface area contributed by atoms with Crippen LogP contribution < -0.4 is 0 Å². The molecule has 0 unspecified atom stereocenters. The number of benzene rings is 2. The summed E-state index contributed by atoms with van der Waals surface area (Å²) in [6.07, 6.45) is 2.24. The lowest BCUT2D eigenvalue weighted by Gasteiger charge is -2.21. The van der Waals surface area contributed by atoms with E-state index in [1.54, 1.807) is 30.3 Å². The van der Waals surface area contributed by atoms with Crippen LogP contribution in [0.2, 0.25) is 0 Å². The van der Waals surface area contributed by atoms with E-state index in [4.69, 9.17) is 10.4 Å². The van der Waals surface area contributed by atoms with Crippen LogP contribution in [0.25, 0.3) is 6.08 Å². The standard InChI is InChI=1S/C11H13BrO.C10H6BrNO2/c1-11(2,3)10-6-9(12)5-4-8(10)7-13;11-9-3-1-7(2-4-9)5-8(6-12)10(13)14/h4-7H,1-3H3;1-5H,(H,13,14)/b;8-5+. The van der Waals surface area contributed by atoms with Gasteiger partial charge in [-0.2, -0.15) is 5.26 Å². The minimum absolute atomic E-state index is 0.0139. The number of aliphatic carboxylic acids is 1. The van der Waals surface area contributed by atoms with Gasteiger partial charge in [-0.3, -0.25) is 4.79 Å². The van der Waals surface area contributed by atoms with Crippen molar-refractivity contribution in [2.45, 2.75) is 26.2 Å². The van der Waals surface area contributed by atoms with Crippen LogP contribution in [0.3, 0.4) is 0 Å². The molecule has 27 heavy (non-hydrogen) atoms. The Morgan fingerprint density at radius 2 is 1.63 bits per heavy atom. The van der Waals surface area contributed by atoms with Crippen LogP contribution in [-0.2, 0) is 10.2 Å². The minimum Gasteiger partial charge on any atom is -0.477 e. The summed E-state index contributed by atoms with van der Waals surface area (Å²) in [7, 11) is 0. The Bertz CT molecular complexity index is 889. The Morgan fingerprint density at radius 1 is 1.07 bits per heavy atom. The molecular weight excluding hydrogens is 474 g/mol. The van der Waals surface area contributed by atoms with E-state index < -0.39 is 5.97 Å². The number of halogens is 2. The van der Waals surface area contributed by atoms with Crippen molar-refractivity contribution in [1.82, 2.24) is 0 Å². The van der Waals surface area contributed by atoms with Crippen LogP contribution in [0.1, 0.15) is 42.3 Å². The van der Waals surface area contributed by atoms with Gasteiger partial charge in [0.2, 0.25) is 0 Å². The average molecular weight is 493 g/mol. The minimum atomic E-state index is -1.21. The molecule has 0 fully saturated rings. The lowest BCUT2D eigenvalue weighted by molar-refractivity contribution is -0.132. The summed E-state index contributed by atoms with van der Waals surface area (Å²) in [6.45, 7) is 6.30. The monoisotopic (exact) mass is 491 g/mol. The van der Waals surface area contributed by atoms with E-state index in [2.05, 4.69) is 52.6 Å². The van der Waals surface area contributed by atoms with E-state index in [0.29, 0.717) is 5.56 Å². The van der Waals surface area contributed by atoms with E-state index in [9.17, 15) is 9.59 Å². The van der Waals surface area contributed by atoms with Crippen LogP contribution in [0.4, 0.5) is 0 Å². The fourth-order valence-electron chi connectivity index (χ4n) is 2.15. The first-order valence-electron chi connectivity index (χ1n) is 7.94. The molecule has 0 amide bonds. The third-order valence-corrected chi connectivity index (χ3v) is 4.50. The predicted octanol–water partition coefficient (Wildman–Crippen LogP) is 6.00. The quantitative estimate of drug-likeness (QED) is 0.323. The van der Waals surface area contributed by atoms with Crippen molar-refractivity contribution in [3.05, 3.63) is 73.7 Å². The molecule has 2 aromatic carbocycles. The number of hydrogen-bond acceptors (Lipinski definition) is 3. The Morgan fingerprint density at radius 3 is 2.07 bits per heavy atom. The van der Waals surface area contributed by atoms with Crippen molar-refractivity contribution >= 4 is 50.2 Å². The van der Waals surface area contributed by atoms with Gasteiger partial charge in [-0.05, 0) is 46.9 Å². The van der Waals surface area contributed by atoms with E-state index >= 15 is 0 Å². The van der Waals surface area contributed by atoms with Gasteiger partial charge in [0.15, 0.2) is 0 Å². The summed E-state index contributed by atoms with van der Waals surface area (Å²) < 4.78 is 1.92. The number of carbonyl (C=O) groups excluding carboxylic acids is 1. The van der Waals surface area contributed by atoms with Crippen molar-refractivity contribution in [2.24, 2.45) is 0 Å². The third kappa shape index (κ3) is 7.49. The number of carboxylic acid groups (broad SMARTS) is 1. The molecule has 0 saturated heterocycles. The van der Waals surface area contributed by atoms with Crippen molar-refractivity contribution in [3.63, 3.8) is 0 Å². The molecule has 2 aromatic rings. The molecular formula is C21H19Br2NO3. The topological polar surface area (TPSA) is 78.2 Å². The average Bonchev–Trinajstić information content (AvgIpc) is 2.60. The molecule has 0 aliphatic carbocycles. The predicted molar refractivity (Wildman–Crippen MR) is 114 cm³/mol. The first-order valence-corrected chi connectivity index (χ1v) is 9.53. The van der Waals surface area contributed by atoms with Gasteiger partial charge in [0.25, 0.3) is 0 Å². The van der Waals surface area contributed by atoms with Gasteiger partial charge in [-0.25, -0.2) is 4.79 Å². The molecule has 4 nitrogen and oxygen atoms in total. The Kier molecular flexibility index (Phi) is 8.61. The molecule has 0 aliphatic rings. The summed E-state index contributed by atoms with van der Waals surface area (Å²) in [5.41, 5.74) is 2.28. The fraction of sp³-hybridized carbons (Fsp3) is 0.190. The van der Waals surface area contributed by atoms with Crippen LogP contribution >= 0.6 is 31.9 Å². The largest absolute Gasteiger partial charge is 0.477 e. The highest BCUT2D eigenvalue weighted by molar-refractivity contribution is 9.10. The van der Waals surface area contributed by atoms with Crippen molar-refractivity contribution < 1.29 is 14.7 Å². The highest BCUT2D eigenvalue weighted by Gasteiger charge is 2.17. The second-order valence-electron chi connectivity index (χ2n) is 6.63. The Labute approximate surface area is 175 Å². The summed E-state index contributed by atoms with van der Waals surface area (Å²) in [6, 6.07) is 14.4. The summed E-state index contributed by atoms with van der Waals surface area (Å²) >= 11 is 6.66. The molecule has 0 atom stereocenters. The van der Waals surface area contributed by atoms with Gasteiger partial charge in [-0.1, -0.05) is 70.8 Å². The third-order valence-electron chi connectivity index (χ3n) is 3.48. The zero-order chi connectivity index (χ0) is 20.6. The zero-order valence-electron chi connectivity index (χ0n) is 15.2. The zero-order valence-corrected chi connectivity index (χ0v) is 18.3. The Balaban J connectivity index is 0.000000271. The number of carboxylic acids is 1. The molecule has 2 rings (SSSR count). The van der Waals surface area contributed by atoms with E-state index in [0.717, 1.165) is 26.4 Å². The summed E-state index contributed by atoms with van der Waals surface area (Å²) in [4.78, 5) is 21.3. The molecule has 0 aromatic heterocycles. The van der Waals surface area contributed by atoms with Gasteiger partial charge in [0, 0.05) is 14.5 Å². The lowest BCUT2D eigenvalue weighted by Crippen LogP contribution is -2.13. The van der Waals surface area contributed by atoms with Gasteiger partial charge >= 0.3 is 5.97 Å². The van der Waals surface area contributed by atoms with Crippen LogP contribution in [0.15, 0.2) is 57.0 Å². The highest BCUT2D eigenvalue weighted by atomic mass is 79.9. The van der Waals surface area contributed by atoms with Crippen LogP contribution in [0, 0.1) is 11.3 Å². The van der Waals surface area contributed by atoms with Crippen LogP contribution in [-0.4, -0.2) is 17.4 Å². The smallest absolute Gasteiger partial charge is 0.346 e. The number of rotatable bonds is 3. The Hall–Kier alpha value is -2.23. The lowest BCUT2D eigenvalue weighted by atomic mass is 9.84. The molecule has 0 spiro atoms. The molecule has 0 bridgehead atoms. The first-order chi connectivity index (χ1) is 12.6. The molecule has 1 N–H and O–H groups in total.